The number of hydrogen-bond acceptors (Lipinski definition) is 1. The molecule has 1 aromatic carbocycles. The highest BCUT2D eigenvalue weighted by Crippen LogP contribution is 2.46. The molecule has 0 saturated heterocycles. The first-order chi connectivity index (χ1) is 8.98. The Balaban J connectivity index is 3.38. The Kier molecular flexibility index (Phi) is 4.68. The summed E-state index contributed by atoms with van der Waals surface area (Å²) in [5, 5.41) is 1.99. The van der Waals surface area contributed by atoms with Crippen LogP contribution in [-0.4, -0.2) is 19.4 Å². The van der Waals surface area contributed by atoms with E-state index >= 15 is 0 Å². The predicted octanol–water partition coefficient (Wildman–Crippen LogP) is 4.14. The number of nitrogens with one attached hydrogen (secondary N) is 1. The quantitative estimate of drug-likeness (QED) is 0.828. The van der Waals surface area contributed by atoms with Crippen LogP contribution in [0.5, 0.6) is 0 Å². The highest BCUT2D eigenvalue weighted by molar-refractivity contribution is 5.30. The molecule has 0 heterocycles. The van der Waals surface area contributed by atoms with Crippen molar-refractivity contribution in [1.82, 2.24) is 5.32 Å². The summed E-state index contributed by atoms with van der Waals surface area (Å²) in [6, 6.07) is 0.687. The Morgan fingerprint density at radius 1 is 1.00 bits per heavy atom. The van der Waals surface area contributed by atoms with Gasteiger partial charge in [0, 0.05) is 0 Å². The summed E-state index contributed by atoms with van der Waals surface area (Å²) in [5.41, 5.74) is -0.226. The Morgan fingerprint density at radius 3 is 1.90 bits per heavy atom. The van der Waals surface area contributed by atoms with Crippen molar-refractivity contribution in [2.24, 2.45) is 5.92 Å². The van der Waals surface area contributed by atoms with Crippen LogP contribution in [0.15, 0.2) is 18.2 Å². The second-order valence-corrected chi connectivity index (χ2v) is 4.33. The fourth-order valence-electron chi connectivity index (χ4n) is 2.01. The van der Waals surface area contributed by atoms with E-state index in [9.17, 15) is 30.7 Å². The van der Waals surface area contributed by atoms with E-state index in [1.807, 2.05) is 5.32 Å². The third-order valence-electron chi connectivity index (χ3n) is 2.93. The Morgan fingerprint density at radius 2 is 1.50 bits per heavy atom. The molecule has 20 heavy (non-hydrogen) atoms. The number of benzene rings is 1. The van der Waals surface area contributed by atoms with E-state index in [1.54, 1.807) is 0 Å². The molecule has 1 rings (SSSR count). The largest absolute Gasteiger partial charge is 0.402 e. The lowest BCUT2D eigenvalue weighted by Gasteiger charge is -2.31. The maximum absolute atomic E-state index is 13.1. The van der Waals surface area contributed by atoms with Gasteiger partial charge in [0.25, 0.3) is 0 Å². The topological polar surface area (TPSA) is 12.0 Å². The molecule has 1 unspecified atom stereocenters. The monoisotopic (exact) mass is 303 g/mol. The van der Waals surface area contributed by atoms with Crippen LogP contribution >= 0.6 is 0 Å². The molecule has 1 nitrogen and oxygen atoms in total. The van der Waals surface area contributed by atoms with Gasteiger partial charge in [-0.05, 0) is 37.2 Å². The number of hydrogen-bond donors (Lipinski definition) is 1. The Bertz CT molecular complexity index is 450. The standard InChI is InChI=1S/C12H12F7N/c1-6-3-4-7(13)5-8(6)9(20-2)10(11(14,15)16)12(17,18)19/h3-5,9-10,20H,1-2H3. The highest BCUT2D eigenvalue weighted by Gasteiger charge is 2.60. The molecule has 0 bridgehead atoms. The second kappa shape index (κ2) is 5.59. The van der Waals surface area contributed by atoms with Gasteiger partial charge in [-0.15, -0.1) is 0 Å². The van der Waals surface area contributed by atoms with Gasteiger partial charge in [-0.1, -0.05) is 6.07 Å². The van der Waals surface area contributed by atoms with Gasteiger partial charge in [0.05, 0.1) is 6.04 Å². The number of rotatable bonds is 3. The third-order valence-corrected chi connectivity index (χ3v) is 2.93. The van der Waals surface area contributed by atoms with Gasteiger partial charge < -0.3 is 5.32 Å². The van der Waals surface area contributed by atoms with Crippen molar-refractivity contribution < 1.29 is 30.7 Å². The van der Waals surface area contributed by atoms with Crippen molar-refractivity contribution in [3.05, 3.63) is 35.1 Å². The van der Waals surface area contributed by atoms with Crippen molar-refractivity contribution in [2.45, 2.75) is 25.3 Å². The third kappa shape index (κ3) is 3.62. The van der Waals surface area contributed by atoms with Crippen LogP contribution in [0, 0.1) is 18.7 Å². The van der Waals surface area contributed by atoms with Crippen LogP contribution in [0.1, 0.15) is 17.2 Å². The van der Waals surface area contributed by atoms with Gasteiger partial charge in [0.15, 0.2) is 5.92 Å². The molecule has 0 spiro atoms. The van der Waals surface area contributed by atoms with E-state index in [2.05, 4.69) is 0 Å². The van der Waals surface area contributed by atoms with E-state index in [0.717, 1.165) is 19.2 Å². The van der Waals surface area contributed by atoms with E-state index in [4.69, 9.17) is 0 Å². The van der Waals surface area contributed by atoms with E-state index in [1.165, 1.54) is 6.92 Å². The van der Waals surface area contributed by atoms with Crippen LogP contribution in [-0.2, 0) is 0 Å². The molecule has 0 aliphatic carbocycles. The summed E-state index contributed by atoms with van der Waals surface area (Å²) in [6.07, 6.45) is -11.0. The highest BCUT2D eigenvalue weighted by atomic mass is 19.4. The average Bonchev–Trinajstić information content (AvgIpc) is 2.25. The first-order valence-corrected chi connectivity index (χ1v) is 5.55. The zero-order valence-electron chi connectivity index (χ0n) is 10.5. The number of alkyl halides is 6. The first-order valence-electron chi connectivity index (χ1n) is 5.55. The SMILES string of the molecule is CNC(c1cc(F)ccc1C)C(C(F)(F)F)C(F)(F)F. The van der Waals surface area contributed by atoms with E-state index < -0.39 is 30.1 Å². The van der Waals surface area contributed by atoms with Gasteiger partial charge >= 0.3 is 12.4 Å². The molecule has 114 valence electrons. The van der Waals surface area contributed by atoms with Crippen molar-refractivity contribution in [1.29, 1.82) is 0 Å². The van der Waals surface area contributed by atoms with Crippen molar-refractivity contribution in [3.8, 4) is 0 Å². The molecule has 8 heteroatoms. The molecule has 1 atom stereocenters. The molecular formula is C12H12F7N. The van der Waals surface area contributed by atoms with Crippen molar-refractivity contribution >= 4 is 0 Å². The molecule has 0 aliphatic heterocycles. The molecule has 0 aromatic heterocycles. The average molecular weight is 303 g/mol. The van der Waals surface area contributed by atoms with Crippen molar-refractivity contribution in [2.75, 3.05) is 7.05 Å². The van der Waals surface area contributed by atoms with Gasteiger partial charge in [-0.3, -0.25) is 0 Å². The molecule has 0 fully saturated rings. The molecule has 0 aliphatic rings. The molecule has 1 N–H and O–H groups in total. The summed E-state index contributed by atoms with van der Waals surface area (Å²) >= 11 is 0. The number of halogens is 7. The fourth-order valence-corrected chi connectivity index (χ4v) is 2.01. The summed E-state index contributed by atoms with van der Waals surface area (Å²) < 4.78 is 89.4. The van der Waals surface area contributed by atoms with Crippen LogP contribution < -0.4 is 5.32 Å². The number of aryl methyl sites for hydroxylation is 1. The molecule has 1 aromatic rings. The smallest absolute Gasteiger partial charge is 0.312 e. The van der Waals surface area contributed by atoms with Crippen LogP contribution in [0.4, 0.5) is 30.7 Å². The summed E-state index contributed by atoms with van der Waals surface area (Å²) in [6.45, 7) is 1.32. The Labute approximate surface area is 110 Å². The molecule has 0 saturated carbocycles. The zero-order valence-corrected chi connectivity index (χ0v) is 10.5. The second-order valence-electron chi connectivity index (χ2n) is 4.33. The summed E-state index contributed by atoms with van der Waals surface area (Å²) in [4.78, 5) is 0. The van der Waals surface area contributed by atoms with Crippen LogP contribution in [0.2, 0.25) is 0 Å². The van der Waals surface area contributed by atoms with Crippen LogP contribution in [0.3, 0.4) is 0 Å². The lowest BCUT2D eigenvalue weighted by Crippen LogP contribution is -2.45. The zero-order chi connectivity index (χ0) is 15.7. The minimum atomic E-state index is -5.50. The van der Waals surface area contributed by atoms with E-state index in [0.29, 0.717) is 6.07 Å². The normalized spacial score (nSPS) is 14.7. The fraction of sp³-hybridized carbons (Fsp3) is 0.500. The first kappa shape index (κ1) is 16.7. The molecule has 0 amide bonds. The van der Waals surface area contributed by atoms with Gasteiger partial charge in [-0.2, -0.15) is 26.3 Å². The predicted molar refractivity (Wildman–Crippen MR) is 58.5 cm³/mol. The minimum absolute atomic E-state index is 0.143. The lowest BCUT2D eigenvalue weighted by molar-refractivity contribution is -0.292. The lowest BCUT2D eigenvalue weighted by atomic mass is 9.89. The summed E-state index contributed by atoms with van der Waals surface area (Å²) in [5.74, 6) is -4.51. The molecule has 0 radical (unpaired) electrons. The molecular weight excluding hydrogens is 291 g/mol. The summed E-state index contributed by atoms with van der Waals surface area (Å²) in [7, 11) is 0.972. The van der Waals surface area contributed by atoms with Gasteiger partial charge in [0.2, 0.25) is 0 Å². The van der Waals surface area contributed by atoms with Crippen molar-refractivity contribution in [3.63, 3.8) is 0 Å². The maximum Gasteiger partial charge on any atom is 0.402 e. The van der Waals surface area contributed by atoms with E-state index in [-0.39, 0.29) is 11.1 Å². The minimum Gasteiger partial charge on any atom is -0.312 e. The Hall–Kier alpha value is -1.31. The van der Waals surface area contributed by atoms with Gasteiger partial charge in [0.1, 0.15) is 5.82 Å². The van der Waals surface area contributed by atoms with Gasteiger partial charge in [-0.25, -0.2) is 4.39 Å². The van der Waals surface area contributed by atoms with Crippen LogP contribution in [0.25, 0.3) is 0 Å². The maximum atomic E-state index is 13.1.